The molecule has 0 aromatic carbocycles. The Bertz CT molecular complexity index is 291. The average molecular weight is 467 g/mol. The van der Waals surface area contributed by atoms with Gasteiger partial charge in [-0.2, -0.15) is 0 Å². The Hall–Kier alpha value is -0.120. The molecule has 33 heavy (non-hydrogen) atoms. The van der Waals surface area contributed by atoms with Crippen LogP contribution in [0.1, 0.15) is 143 Å². The van der Waals surface area contributed by atoms with Crippen molar-refractivity contribution in [3.05, 3.63) is 0 Å². The molecule has 0 aliphatic rings. The van der Waals surface area contributed by atoms with Gasteiger partial charge in [-0.25, -0.2) is 5.32 Å². The van der Waals surface area contributed by atoms with Crippen LogP contribution in [-0.2, 0) is 0 Å². The van der Waals surface area contributed by atoms with Crippen molar-refractivity contribution in [3.63, 3.8) is 0 Å². The molecule has 0 atom stereocenters. The van der Waals surface area contributed by atoms with Gasteiger partial charge in [0.2, 0.25) is 0 Å². The lowest BCUT2D eigenvalue weighted by Crippen LogP contribution is -2.30. The van der Waals surface area contributed by atoms with Crippen molar-refractivity contribution < 1.29 is 0 Å². The molecule has 0 aliphatic heterocycles. The summed E-state index contributed by atoms with van der Waals surface area (Å²) in [7, 11) is 0. The summed E-state index contributed by atoms with van der Waals surface area (Å²) in [6, 6.07) is 0. The molecular formula is C30H64N3. The fraction of sp³-hybridized carbons (Fsp3) is 1.00. The monoisotopic (exact) mass is 467 g/mol. The van der Waals surface area contributed by atoms with Crippen LogP contribution in [0.4, 0.5) is 0 Å². The SMILES string of the molecule is CCCCCCN(CCCCCC)CCC[N]CCCN(CCCCCC)CCCCCC. The van der Waals surface area contributed by atoms with Gasteiger partial charge in [0.05, 0.1) is 0 Å². The van der Waals surface area contributed by atoms with Gasteiger partial charge in [0.25, 0.3) is 0 Å². The Labute approximate surface area is 210 Å². The molecule has 0 aliphatic carbocycles. The predicted octanol–water partition coefficient (Wildman–Crippen LogP) is 8.30. The van der Waals surface area contributed by atoms with Crippen LogP contribution < -0.4 is 5.32 Å². The van der Waals surface area contributed by atoms with Gasteiger partial charge in [0.15, 0.2) is 0 Å². The van der Waals surface area contributed by atoms with Gasteiger partial charge in [0, 0.05) is 13.1 Å². The molecule has 0 bridgehead atoms. The van der Waals surface area contributed by atoms with Gasteiger partial charge in [-0.15, -0.1) is 0 Å². The summed E-state index contributed by atoms with van der Waals surface area (Å²) in [5.74, 6) is 0. The van der Waals surface area contributed by atoms with E-state index in [0.717, 1.165) is 13.1 Å². The molecule has 3 nitrogen and oxygen atoms in total. The van der Waals surface area contributed by atoms with E-state index in [-0.39, 0.29) is 0 Å². The quantitative estimate of drug-likeness (QED) is 0.108. The Morgan fingerprint density at radius 1 is 0.333 bits per heavy atom. The largest absolute Gasteiger partial charge is 0.303 e. The van der Waals surface area contributed by atoms with Gasteiger partial charge in [-0.1, -0.05) is 105 Å². The van der Waals surface area contributed by atoms with Crippen molar-refractivity contribution in [2.75, 3.05) is 52.4 Å². The summed E-state index contributed by atoms with van der Waals surface area (Å²) >= 11 is 0. The standard InChI is InChI=1S/C30H64N3/c1-5-9-13-17-25-32(26-18-14-10-6-2)29-21-23-31-24-22-30-33(27-19-15-11-7-3)28-20-16-12-8-4/h5-30H2,1-4H3. The minimum Gasteiger partial charge on any atom is -0.303 e. The summed E-state index contributed by atoms with van der Waals surface area (Å²) in [5, 5.41) is 4.90. The highest BCUT2D eigenvalue weighted by Gasteiger charge is 2.06. The van der Waals surface area contributed by atoms with E-state index >= 15 is 0 Å². The van der Waals surface area contributed by atoms with Crippen LogP contribution in [-0.4, -0.2) is 62.2 Å². The second-order valence-electron chi connectivity index (χ2n) is 10.3. The Morgan fingerprint density at radius 3 is 0.879 bits per heavy atom. The van der Waals surface area contributed by atoms with Crippen LogP contribution >= 0.6 is 0 Å². The first-order valence-electron chi connectivity index (χ1n) is 15.4. The van der Waals surface area contributed by atoms with Gasteiger partial charge in [-0.3, -0.25) is 0 Å². The van der Waals surface area contributed by atoms with Crippen molar-refractivity contribution in [1.82, 2.24) is 15.1 Å². The maximum atomic E-state index is 4.90. The van der Waals surface area contributed by atoms with Crippen molar-refractivity contribution >= 4 is 0 Å². The number of unbranched alkanes of at least 4 members (excludes halogenated alkanes) is 12. The summed E-state index contributed by atoms with van der Waals surface area (Å²) in [6.45, 7) is 19.1. The summed E-state index contributed by atoms with van der Waals surface area (Å²) in [6.07, 6.45) is 24.6. The first-order valence-corrected chi connectivity index (χ1v) is 15.4. The highest BCUT2D eigenvalue weighted by atomic mass is 15.1. The van der Waals surface area contributed by atoms with Crippen molar-refractivity contribution in [1.29, 1.82) is 0 Å². The smallest absolute Gasteiger partial charge is 0.0145 e. The normalized spacial score (nSPS) is 11.8. The van der Waals surface area contributed by atoms with E-state index in [1.807, 2.05) is 0 Å². The zero-order valence-electron chi connectivity index (χ0n) is 23.7. The number of hydrogen-bond acceptors (Lipinski definition) is 2. The molecule has 3 heteroatoms. The molecule has 0 amide bonds. The highest BCUT2D eigenvalue weighted by molar-refractivity contribution is 4.63. The third-order valence-corrected chi connectivity index (χ3v) is 6.89. The molecule has 0 N–H and O–H groups in total. The molecule has 1 radical (unpaired) electrons. The molecule has 0 aromatic rings. The average Bonchev–Trinajstić information content (AvgIpc) is 2.83. The van der Waals surface area contributed by atoms with Crippen molar-refractivity contribution in [2.24, 2.45) is 0 Å². The van der Waals surface area contributed by atoms with E-state index in [1.54, 1.807) is 0 Å². The fourth-order valence-corrected chi connectivity index (χ4v) is 4.64. The van der Waals surface area contributed by atoms with Crippen molar-refractivity contribution in [2.45, 2.75) is 143 Å². The van der Waals surface area contributed by atoms with E-state index in [2.05, 4.69) is 37.5 Å². The summed E-state index contributed by atoms with van der Waals surface area (Å²) < 4.78 is 0. The fourth-order valence-electron chi connectivity index (χ4n) is 4.64. The van der Waals surface area contributed by atoms with Gasteiger partial charge >= 0.3 is 0 Å². The zero-order chi connectivity index (χ0) is 24.2. The minimum absolute atomic E-state index is 1.06. The van der Waals surface area contributed by atoms with E-state index in [9.17, 15) is 0 Å². The van der Waals surface area contributed by atoms with Crippen LogP contribution in [0.2, 0.25) is 0 Å². The van der Waals surface area contributed by atoms with Crippen LogP contribution in [0.25, 0.3) is 0 Å². The third kappa shape index (κ3) is 24.8. The molecule has 199 valence electrons. The molecule has 0 unspecified atom stereocenters. The van der Waals surface area contributed by atoms with E-state index < -0.39 is 0 Å². The van der Waals surface area contributed by atoms with E-state index in [0.29, 0.717) is 0 Å². The lowest BCUT2D eigenvalue weighted by Gasteiger charge is -2.23. The minimum atomic E-state index is 1.06. The lowest BCUT2D eigenvalue weighted by molar-refractivity contribution is 0.250. The molecule has 0 aromatic heterocycles. The molecule has 0 spiro atoms. The maximum absolute atomic E-state index is 4.90. The van der Waals surface area contributed by atoms with Crippen molar-refractivity contribution in [3.8, 4) is 0 Å². The number of rotatable bonds is 28. The van der Waals surface area contributed by atoms with Crippen LogP contribution in [0, 0.1) is 0 Å². The maximum Gasteiger partial charge on any atom is 0.0145 e. The van der Waals surface area contributed by atoms with E-state index in [1.165, 1.54) is 155 Å². The topological polar surface area (TPSA) is 20.6 Å². The molecule has 0 heterocycles. The molecular weight excluding hydrogens is 402 g/mol. The number of hydrogen-bond donors (Lipinski definition) is 0. The summed E-state index contributed by atoms with van der Waals surface area (Å²) in [4.78, 5) is 5.46. The predicted molar refractivity (Wildman–Crippen MR) is 151 cm³/mol. The highest BCUT2D eigenvalue weighted by Crippen LogP contribution is 2.07. The van der Waals surface area contributed by atoms with Gasteiger partial charge in [-0.05, 0) is 77.8 Å². The number of nitrogens with zero attached hydrogens (tertiary/aromatic N) is 3. The molecule has 0 rings (SSSR count). The van der Waals surface area contributed by atoms with Crippen LogP contribution in [0.3, 0.4) is 0 Å². The second kappa shape index (κ2) is 28.1. The van der Waals surface area contributed by atoms with E-state index in [4.69, 9.17) is 5.32 Å². The van der Waals surface area contributed by atoms with Gasteiger partial charge in [0.1, 0.15) is 0 Å². The Kier molecular flexibility index (Phi) is 28.0. The first-order chi connectivity index (χ1) is 16.3. The van der Waals surface area contributed by atoms with Crippen LogP contribution in [0.15, 0.2) is 0 Å². The third-order valence-electron chi connectivity index (χ3n) is 6.89. The first kappa shape index (κ1) is 32.9. The lowest BCUT2D eigenvalue weighted by atomic mass is 10.1. The Morgan fingerprint density at radius 2 is 0.606 bits per heavy atom. The Balaban J connectivity index is 3.98. The zero-order valence-corrected chi connectivity index (χ0v) is 23.7. The molecule has 0 saturated heterocycles. The van der Waals surface area contributed by atoms with Crippen LogP contribution in [0.5, 0.6) is 0 Å². The summed E-state index contributed by atoms with van der Waals surface area (Å²) in [5.41, 5.74) is 0. The van der Waals surface area contributed by atoms with Gasteiger partial charge < -0.3 is 9.80 Å². The second-order valence-corrected chi connectivity index (χ2v) is 10.3. The molecule has 0 fully saturated rings. The molecule has 0 saturated carbocycles.